The first-order valence-corrected chi connectivity index (χ1v) is 42.0. The number of nitrogens with one attached hydrogen (secondary N) is 3. The van der Waals surface area contributed by atoms with E-state index in [0.717, 1.165) is 47.8 Å². The van der Waals surface area contributed by atoms with Crippen LogP contribution < -0.4 is 21.7 Å². The molecule has 2 aromatic rings. The van der Waals surface area contributed by atoms with Crippen molar-refractivity contribution in [1.29, 1.82) is 0 Å². The summed E-state index contributed by atoms with van der Waals surface area (Å²) in [5.41, 5.74) is 2.73. The van der Waals surface area contributed by atoms with Crippen LogP contribution in [0.1, 0.15) is 126 Å². The van der Waals surface area contributed by atoms with Gasteiger partial charge in [-0.2, -0.15) is 8.42 Å². The Morgan fingerprint density at radius 2 is 0.889 bits per heavy atom. The Labute approximate surface area is 630 Å². The maximum Gasteiger partial charge on any atom is 0.408 e. The fourth-order valence-electron chi connectivity index (χ4n) is 6.51. The third-order valence-corrected chi connectivity index (χ3v) is 18.5. The van der Waals surface area contributed by atoms with Crippen LogP contribution in [0.3, 0.4) is 0 Å². The molecule has 2 aromatic carbocycles. The summed E-state index contributed by atoms with van der Waals surface area (Å²) in [6, 6.07) is 8.16. The van der Waals surface area contributed by atoms with Crippen LogP contribution in [-0.2, 0) is 140 Å². The normalized spacial score (nSPS) is 13.6. The van der Waals surface area contributed by atoms with Crippen molar-refractivity contribution in [3.05, 3.63) is 82.6 Å². The molecule has 5 amide bonds. The number of rotatable bonds is 26. The molecule has 1 aliphatic heterocycles. The van der Waals surface area contributed by atoms with Crippen molar-refractivity contribution in [2.75, 3.05) is 65.9 Å². The lowest BCUT2D eigenvalue weighted by Gasteiger charge is -2.23. The quantitative estimate of drug-likeness (QED) is 0.0223. The van der Waals surface area contributed by atoms with E-state index in [4.69, 9.17) is 32.6 Å². The summed E-state index contributed by atoms with van der Waals surface area (Å²) in [6.45, 7) is 22.3. The summed E-state index contributed by atoms with van der Waals surface area (Å²) >= 11 is 0. The van der Waals surface area contributed by atoms with E-state index >= 15 is 0 Å². The third-order valence-electron chi connectivity index (χ3n) is 11.0. The Morgan fingerprint density at radius 3 is 1.21 bits per heavy atom. The van der Waals surface area contributed by atoms with Crippen molar-refractivity contribution in [2.24, 2.45) is 0 Å². The average molecular weight is 1660 g/mol. The number of carbonyl (C=O) groups excluding carboxylic acids is 11. The lowest BCUT2D eigenvalue weighted by molar-refractivity contribution is -0.402. The molecule has 1 fully saturated rings. The number of benzene rings is 2. The number of amides is 5. The van der Waals surface area contributed by atoms with Crippen molar-refractivity contribution in [2.45, 2.75) is 179 Å². The summed E-state index contributed by atoms with van der Waals surface area (Å²) in [6.07, 6.45) is 2.64. The number of methoxy groups -OCH3 is 4. The van der Waals surface area contributed by atoms with Gasteiger partial charge in [-0.05, 0) is 120 Å². The first-order chi connectivity index (χ1) is 48.9. The zero-order chi connectivity index (χ0) is 85.2. The van der Waals surface area contributed by atoms with Gasteiger partial charge in [0.05, 0.1) is 82.8 Å². The molecule has 45 heteroatoms. The van der Waals surface area contributed by atoms with Crippen LogP contribution in [0, 0.1) is 13.8 Å². The molecular weight excluding hydrogens is 1560 g/mol. The van der Waals surface area contributed by atoms with Gasteiger partial charge in [0, 0.05) is 42.4 Å². The maximum absolute atomic E-state index is 12.1. The van der Waals surface area contributed by atoms with Crippen LogP contribution in [0.15, 0.2) is 81.3 Å². The summed E-state index contributed by atoms with van der Waals surface area (Å²) in [5.74, 6) is -4.87. The summed E-state index contributed by atoms with van der Waals surface area (Å²) in [4.78, 5) is 129. The van der Waals surface area contributed by atoms with E-state index < -0.39 is 164 Å². The highest BCUT2D eigenvalue weighted by Gasteiger charge is 2.37. The number of carbonyl (C=O) groups is 11. The minimum Gasteiger partial charge on any atom is -0.744 e. The number of hydrogen-bond acceptors (Lipinski definition) is 33. The predicted molar refractivity (Wildman–Crippen MR) is 385 cm³/mol. The molecule has 0 aliphatic carbocycles. The van der Waals surface area contributed by atoms with Gasteiger partial charge in [-0.1, -0.05) is 41.5 Å². The van der Waals surface area contributed by atoms with Gasteiger partial charge in [-0.15, -0.1) is 5.06 Å². The molecule has 0 aromatic heterocycles. The van der Waals surface area contributed by atoms with Crippen LogP contribution in [-0.4, -0.2) is 229 Å². The topological polar surface area (TPSA) is 578 Å². The fraction of sp³-hybridized carbons (Fsp3) is 0.571. The zero-order valence-electron chi connectivity index (χ0n) is 63.7. The lowest BCUT2D eigenvalue weighted by atomic mass is 10.2. The number of aldehydes is 1. The second-order valence-corrected chi connectivity index (χ2v) is 36.4. The summed E-state index contributed by atoms with van der Waals surface area (Å²) in [5, 5.41) is 9.09. The van der Waals surface area contributed by atoms with E-state index in [1.807, 2.05) is 13.8 Å². The SMILES string of the molecule is CCOP(=O)(CS(C)(=O)=O)OCC.COC(=O)C[C@@H](/C=C/S(C)(=O)=O)NC(=O)OC(C)(C)C.COC(=O)C[C@@H](C=O)NC(=O)OC(C)(C)C.COC(=O)C[C@H](NC(=O)OC(C)(C)C)C(=O)ON1C(=O)CCC1=O.COC(=O)C[C@H]([NH3+])/C=C/S(C)(=O)=O.Cc1ccc(S(=O)(=O)O)cc1.Cc1ccc(S(=O)(=O)[O-])cc1. The van der Waals surface area contributed by atoms with Crippen LogP contribution >= 0.6 is 7.60 Å². The van der Waals surface area contributed by atoms with E-state index in [1.165, 1.54) is 57.7 Å². The van der Waals surface area contributed by atoms with Gasteiger partial charge in [0.15, 0.2) is 35.0 Å². The molecule has 1 saturated heterocycles. The molecule has 618 valence electrons. The monoisotopic (exact) mass is 1660 g/mol. The molecule has 0 bridgehead atoms. The van der Waals surface area contributed by atoms with Crippen LogP contribution in [0.5, 0.6) is 0 Å². The zero-order valence-corrected chi connectivity index (χ0v) is 68.7. The van der Waals surface area contributed by atoms with Crippen molar-refractivity contribution in [3.8, 4) is 0 Å². The van der Waals surface area contributed by atoms with Crippen LogP contribution in [0.25, 0.3) is 0 Å². The number of aryl methyl sites for hydroxylation is 2. The number of nitrogens with zero attached hydrogens (tertiary/aromatic N) is 1. The Hall–Kier alpha value is -8.33. The van der Waals surface area contributed by atoms with E-state index in [-0.39, 0.29) is 61.2 Å². The number of ether oxygens (including phenoxy) is 7. The number of hydrogen-bond donors (Lipinski definition) is 5. The van der Waals surface area contributed by atoms with Crippen molar-refractivity contribution in [1.82, 2.24) is 21.0 Å². The maximum atomic E-state index is 12.1. The molecule has 0 radical (unpaired) electrons. The summed E-state index contributed by atoms with van der Waals surface area (Å²) < 4.78 is 180. The molecular formula is C63H102N5O34PS5. The second-order valence-electron chi connectivity index (χ2n) is 25.1. The average Bonchev–Trinajstić information content (AvgIpc) is 1.50. The third kappa shape index (κ3) is 59.7. The van der Waals surface area contributed by atoms with Crippen LogP contribution in [0.2, 0.25) is 0 Å². The Balaban J connectivity index is -0.000000595. The molecule has 7 N–H and O–H groups in total. The number of imide groups is 1. The fourth-order valence-corrected chi connectivity index (χ4v) is 12.2. The van der Waals surface area contributed by atoms with Gasteiger partial charge in [0.2, 0.25) is 0 Å². The van der Waals surface area contributed by atoms with Gasteiger partial charge in [0.25, 0.3) is 21.9 Å². The first kappa shape index (κ1) is 106. The number of esters is 4. The van der Waals surface area contributed by atoms with Crippen molar-refractivity contribution >= 4 is 124 Å². The van der Waals surface area contributed by atoms with E-state index in [0.29, 0.717) is 11.3 Å². The van der Waals surface area contributed by atoms with Gasteiger partial charge in [-0.25, -0.2) is 52.8 Å². The van der Waals surface area contributed by atoms with Crippen molar-refractivity contribution < 1.29 is 161 Å². The molecule has 4 atom stereocenters. The van der Waals surface area contributed by atoms with Gasteiger partial charge < -0.3 is 78.1 Å². The van der Waals surface area contributed by atoms with E-state index in [9.17, 15) is 104 Å². The largest absolute Gasteiger partial charge is 0.744 e. The van der Waals surface area contributed by atoms with E-state index in [1.54, 1.807) is 100 Å². The highest BCUT2D eigenvalue weighted by Crippen LogP contribution is 2.48. The number of hydroxylamine groups is 2. The molecule has 0 saturated carbocycles. The first-order valence-electron chi connectivity index (χ1n) is 31.4. The predicted octanol–water partition coefficient (Wildman–Crippen LogP) is 3.81. The highest BCUT2D eigenvalue weighted by molar-refractivity contribution is 7.97. The number of sulfone groups is 3. The second kappa shape index (κ2) is 49.7. The molecule has 1 heterocycles. The Morgan fingerprint density at radius 1 is 0.556 bits per heavy atom. The molecule has 0 spiro atoms. The van der Waals surface area contributed by atoms with Crippen molar-refractivity contribution in [3.63, 3.8) is 0 Å². The van der Waals surface area contributed by atoms with Crippen LogP contribution in [0.4, 0.5) is 14.4 Å². The van der Waals surface area contributed by atoms with Gasteiger partial charge >= 0.3 is 55.7 Å². The minimum atomic E-state index is -4.27. The lowest BCUT2D eigenvalue weighted by Crippen LogP contribution is -2.60. The number of alkyl carbamates (subject to hydrolysis) is 3. The smallest absolute Gasteiger partial charge is 0.408 e. The standard InChI is InChI=1S/C14H20N2O8.C12H21NO6S.C10H17NO5.C7H13NO4S.2C7H8O3S.C6H15O5PS/c1-14(2,3)23-13(21)15-8(7-11(19)22-4)12(20)24-16-9(17)5-6-10(16)18;1-12(2,3)19-11(15)13-9(8-10(14)18-4)6-7-20(5,16)17;1-10(2,3)16-9(14)11-7(6-12)5-8(13)15-4;1-12-7(9)5-6(8)3-4-13(2,10)11;2*1-6-2-4-7(5-3-6)11(8,9)10;1-4-10-12(7,11-5-2)6-13(3,8)9/h8H,5-7H2,1-4H3,(H,15,21);6-7,9H,8H2,1-5H3,(H,13,15);6-7H,5H2,1-4H3,(H,11,14);3-4,6H,5,8H2,1-2H3;2*2-5H,1H3,(H,8,9,10);4-6H2,1-3H3/b;7-6+;;4-3+;;;/t8-;9-;7-;6-;;;/m0101.../s1. The highest BCUT2D eigenvalue weighted by atomic mass is 32.2. The summed E-state index contributed by atoms with van der Waals surface area (Å²) in [7, 11) is -16.8. The Bertz CT molecular complexity index is 3880. The molecule has 0 unspecified atom stereocenters. The molecule has 39 nitrogen and oxygen atoms in total. The molecule has 108 heavy (non-hydrogen) atoms. The number of quaternary nitrogens is 1. The van der Waals surface area contributed by atoms with E-state index in [2.05, 4.69) is 40.6 Å². The Kier molecular flexibility index (Phi) is 48.8. The van der Waals surface area contributed by atoms with Gasteiger partial charge in [-0.3, -0.25) is 37.9 Å². The molecule has 1 aliphatic rings. The minimum absolute atomic E-state index is 0.0666. The molecule has 3 rings (SSSR count). The van der Waals surface area contributed by atoms with Gasteiger partial charge in [0.1, 0.15) is 51.7 Å².